The Hall–Kier alpha value is -0.0500. The van der Waals surface area contributed by atoms with Gasteiger partial charge in [0, 0.05) is 11.8 Å². The van der Waals surface area contributed by atoms with E-state index in [1.165, 1.54) is 64.2 Å². The first-order valence-electron chi connectivity index (χ1n) is 10.00. The topological polar surface area (TPSA) is 26.3 Å². The molecule has 0 aliphatic carbocycles. The van der Waals surface area contributed by atoms with Gasteiger partial charge in [0.1, 0.15) is 6.10 Å². The molecule has 0 aromatic heterocycles. The Morgan fingerprint density at radius 1 is 0.783 bits per heavy atom. The normalized spacial score (nSPS) is 11.1. The summed E-state index contributed by atoms with van der Waals surface area (Å²) in [5, 5.41) is 1.06. The smallest absolute Gasteiger partial charge is 0.306 e. The van der Waals surface area contributed by atoms with Crippen molar-refractivity contribution >= 4 is 21.9 Å². The van der Waals surface area contributed by atoms with Crippen molar-refractivity contribution in [2.75, 3.05) is 5.33 Å². The van der Waals surface area contributed by atoms with Crippen molar-refractivity contribution in [2.45, 2.75) is 116 Å². The molecule has 0 heterocycles. The van der Waals surface area contributed by atoms with Gasteiger partial charge in [0.25, 0.3) is 0 Å². The fraction of sp³-hybridized carbons (Fsp3) is 0.950. The summed E-state index contributed by atoms with van der Waals surface area (Å²) in [6, 6.07) is 0. The number of esters is 1. The molecule has 0 radical (unpaired) electrons. The van der Waals surface area contributed by atoms with E-state index in [9.17, 15) is 4.79 Å². The fourth-order valence-electron chi connectivity index (χ4n) is 2.82. The molecule has 0 fully saturated rings. The maximum atomic E-state index is 12.0. The van der Waals surface area contributed by atoms with Crippen LogP contribution in [0.15, 0.2) is 0 Å². The van der Waals surface area contributed by atoms with Crippen molar-refractivity contribution < 1.29 is 9.53 Å². The Kier molecular flexibility index (Phi) is 18.3. The summed E-state index contributed by atoms with van der Waals surface area (Å²) >= 11 is 3.44. The van der Waals surface area contributed by atoms with Gasteiger partial charge in [0.05, 0.1) is 0 Å². The molecule has 2 nitrogen and oxygen atoms in total. The van der Waals surface area contributed by atoms with Crippen molar-refractivity contribution in [3.8, 4) is 0 Å². The van der Waals surface area contributed by atoms with Crippen LogP contribution >= 0.6 is 15.9 Å². The molecule has 0 aliphatic rings. The second-order valence-corrected chi connectivity index (χ2v) is 7.46. The van der Waals surface area contributed by atoms with Crippen molar-refractivity contribution in [3.05, 3.63) is 0 Å². The Morgan fingerprint density at radius 3 is 1.83 bits per heavy atom. The van der Waals surface area contributed by atoms with Crippen LogP contribution in [0.3, 0.4) is 0 Å². The lowest BCUT2D eigenvalue weighted by Crippen LogP contribution is -2.18. The van der Waals surface area contributed by atoms with Gasteiger partial charge in [-0.3, -0.25) is 4.79 Å². The molecule has 0 aliphatic heterocycles. The Balaban J connectivity index is 3.92. The fourth-order valence-corrected chi connectivity index (χ4v) is 3.22. The molecular formula is C20H39BrO2. The molecule has 0 atom stereocenters. The second kappa shape index (κ2) is 18.3. The van der Waals surface area contributed by atoms with E-state index in [4.69, 9.17) is 4.74 Å². The van der Waals surface area contributed by atoms with Crippen LogP contribution in [0.1, 0.15) is 110 Å². The van der Waals surface area contributed by atoms with Crippen molar-refractivity contribution in [2.24, 2.45) is 0 Å². The second-order valence-electron chi connectivity index (χ2n) is 6.66. The zero-order chi connectivity index (χ0) is 17.2. The Morgan fingerprint density at radius 2 is 1.30 bits per heavy atom. The van der Waals surface area contributed by atoms with Crippen LogP contribution in [-0.4, -0.2) is 17.4 Å². The van der Waals surface area contributed by atoms with Crippen LogP contribution in [0.4, 0.5) is 0 Å². The summed E-state index contributed by atoms with van der Waals surface area (Å²) in [6.07, 6.45) is 17.4. The maximum absolute atomic E-state index is 12.0. The number of unbranched alkanes of at least 4 members (excludes halogenated alkanes) is 9. The lowest BCUT2D eigenvalue weighted by molar-refractivity contribution is -0.150. The highest BCUT2D eigenvalue weighted by atomic mass is 79.9. The third kappa shape index (κ3) is 16.6. The first kappa shape index (κ1) is 22.9. The summed E-state index contributed by atoms with van der Waals surface area (Å²) in [7, 11) is 0. The predicted molar refractivity (Wildman–Crippen MR) is 104 cm³/mol. The summed E-state index contributed by atoms with van der Waals surface area (Å²) in [5.41, 5.74) is 0. The largest absolute Gasteiger partial charge is 0.462 e. The van der Waals surface area contributed by atoms with Crippen LogP contribution in [0, 0.1) is 0 Å². The SMILES string of the molecule is CCCCCCC(CCCCCC)OC(=O)CCCCCCBr. The first-order valence-corrected chi connectivity index (χ1v) is 11.1. The summed E-state index contributed by atoms with van der Waals surface area (Å²) in [4.78, 5) is 12.0. The zero-order valence-corrected chi connectivity index (χ0v) is 17.2. The number of carbonyl (C=O) groups excluding carboxylic acids is 1. The average molecular weight is 391 g/mol. The molecule has 0 unspecified atom stereocenters. The molecule has 0 aromatic carbocycles. The monoisotopic (exact) mass is 390 g/mol. The number of hydrogen-bond donors (Lipinski definition) is 0. The third-order valence-corrected chi connectivity index (χ3v) is 4.88. The summed E-state index contributed by atoms with van der Waals surface area (Å²) < 4.78 is 5.77. The van der Waals surface area contributed by atoms with Gasteiger partial charge in [-0.05, 0) is 38.5 Å². The minimum atomic E-state index is 0.0276. The van der Waals surface area contributed by atoms with Crippen molar-refractivity contribution in [1.82, 2.24) is 0 Å². The quantitative estimate of drug-likeness (QED) is 0.149. The lowest BCUT2D eigenvalue weighted by atomic mass is 10.0. The van der Waals surface area contributed by atoms with Gasteiger partial charge in [-0.15, -0.1) is 0 Å². The Labute approximate surface area is 153 Å². The highest BCUT2D eigenvalue weighted by Gasteiger charge is 2.14. The molecule has 0 N–H and O–H groups in total. The molecule has 0 rings (SSSR count). The maximum Gasteiger partial charge on any atom is 0.306 e. The molecule has 23 heavy (non-hydrogen) atoms. The van der Waals surface area contributed by atoms with Gasteiger partial charge < -0.3 is 4.74 Å². The van der Waals surface area contributed by atoms with Crippen molar-refractivity contribution in [3.63, 3.8) is 0 Å². The average Bonchev–Trinajstić information content (AvgIpc) is 2.55. The third-order valence-electron chi connectivity index (χ3n) is 4.32. The number of halogens is 1. The molecule has 3 heteroatoms. The summed E-state index contributed by atoms with van der Waals surface area (Å²) in [5.74, 6) is 0.0276. The number of carbonyl (C=O) groups is 1. The van der Waals surface area contributed by atoms with Gasteiger partial charge in [0.15, 0.2) is 0 Å². The van der Waals surface area contributed by atoms with Gasteiger partial charge >= 0.3 is 5.97 Å². The van der Waals surface area contributed by atoms with Gasteiger partial charge in [0.2, 0.25) is 0 Å². The first-order chi connectivity index (χ1) is 11.2. The minimum absolute atomic E-state index is 0.0276. The lowest BCUT2D eigenvalue weighted by Gasteiger charge is -2.18. The van der Waals surface area contributed by atoms with Crippen molar-refractivity contribution in [1.29, 1.82) is 0 Å². The van der Waals surface area contributed by atoms with Gasteiger partial charge in [-0.25, -0.2) is 0 Å². The summed E-state index contributed by atoms with van der Waals surface area (Å²) in [6.45, 7) is 4.47. The van der Waals surface area contributed by atoms with Crippen LogP contribution < -0.4 is 0 Å². The molecular weight excluding hydrogens is 352 g/mol. The zero-order valence-electron chi connectivity index (χ0n) is 15.6. The van der Waals surface area contributed by atoms with E-state index in [0.717, 1.165) is 31.0 Å². The van der Waals surface area contributed by atoms with E-state index in [1.54, 1.807) is 0 Å². The number of alkyl halides is 1. The van der Waals surface area contributed by atoms with E-state index < -0.39 is 0 Å². The van der Waals surface area contributed by atoms with Gasteiger partial charge in [-0.1, -0.05) is 81.1 Å². The van der Waals surface area contributed by atoms with E-state index in [1.807, 2.05) is 0 Å². The molecule has 0 saturated heterocycles. The molecule has 0 aromatic rings. The Bertz CT molecular complexity index is 244. The standard InChI is InChI=1S/C20H39BrO2/c1-3-5-7-11-15-19(16-12-8-6-4-2)23-20(22)17-13-9-10-14-18-21/h19H,3-18H2,1-2H3. The van der Waals surface area contributed by atoms with Crippen LogP contribution in [-0.2, 0) is 9.53 Å². The molecule has 138 valence electrons. The van der Waals surface area contributed by atoms with Crippen LogP contribution in [0.25, 0.3) is 0 Å². The van der Waals surface area contributed by atoms with E-state index >= 15 is 0 Å². The number of hydrogen-bond acceptors (Lipinski definition) is 2. The van der Waals surface area contributed by atoms with E-state index in [-0.39, 0.29) is 12.1 Å². The van der Waals surface area contributed by atoms with E-state index in [2.05, 4.69) is 29.8 Å². The van der Waals surface area contributed by atoms with E-state index in [0.29, 0.717) is 6.42 Å². The van der Waals surface area contributed by atoms with Crippen LogP contribution in [0.2, 0.25) is 0 Å². The molecule has 0 bridgehead atoms. The molecule has 0 spiro atoms. The molecule has 0 saturated carbocycles. The predicted octanol–water partition coefficient (Wildman–Crippen LogP) is 7.18. The molecule has 0 amide bonds. The number of rotatable bonds is 17. The van der Waals surface area contributed by atoms with Gasteiger partial charge in [-0.2, -0.15) is 0 Å². The number of ether oxygens (including phenoxy) is 1. The highest BCUT2D eigenvalue weighted by Crippen LogP contribution is 2.17. The van der Waals surface area contributed by atoms with Crippen LogP contribution in [0.5, 0.6) is 0 Å². The highest BCUT2D eigenvalue weighted by molar-refractivity contribution is 9.09. The minimum Gasteiger partial charge on any atom is -0.462 e.